The van der Waals surface area contributed by atoms with Gasteiger partial charge in [0.15, 0.2) is 0 Å². The lowest BCUT2D eigenvalue weighted by Crippen LogP contribution is -2.49. The minimum atomic E-state index is 0.247. The fourth-order valence-corrected chi connectivity index (χ4v) is 3.10. The van der Waals surface area contributed by atoms with Crippen molar-refractivity contribution in [2.24, 2.45) is 11.7 Å². The summed E-state index contributed by atoms with van der Waals surface area (Å²) < 4.78 is 0. The van der Waals surface area contributed by atoms with E-state index in [0.717, 1.165) is 31.7 Å². The van der Waals surface area contributed by atoms with Crippen molar-refractivity contribution in [2.45, 2.75) is 45.1 Å². The van der Waals surface area contributed by atoms with Crippen molar-refractivity contribution in [2.75, 3.05) is 13.1 Å². The van der Waals surface area contributed by atoms with Crippen LogP contribution in [0.3, 0.4) is 0 Å². The highest BCUT2D eigenvalue weighted by molar-refractivity contribution is 5.77. The standard InChI is InChI=1S/C17H26N2O/c1-2-14-10-11-19(16(12-14)13-18)17(20)9-8-15-6-4-3-5-7-15/h3-7,14,16H,2,8-13,18H2,1H3. The van der Waals surface area contributed by atoms with Crippen LogP contribution in [0.5, 0.6) is 0 Å². The van der Waals surface area contributed by atoms with E-state index < -0.39 is 0 Å². The van der Waals surface area contributed by atoms with Gasteiger partial charge >= 0.3 is 0 Å². The van der Waals surface area contributed by atoms with Crippen LogP contribution in [0, 0.1) is 5.92 Å². The zero-order valence-electron chi connectivity index (χ0n) is 12.4. The molecule has 110 valence electrons. The third-order valence-corrected chi connectivity index (χ3v) is 4.46. The Balaban J connectivity index is 1.88. The third kappa shape index (κ3) is 3.83. The van der Waals surface area contributed by atoms with E-state index in [2.05, 4.69) is 19.1 Å². The number of nitrogens with zero attached hydrogens (tertiary/aromatic N) is 1. The fourth-order valence-electron chi connectivity index (χ4n) is 3.10. The zero-order valence-corrected chi connectivity index (χ0v) is 12.4. The van der Waals surface area contributed by atoms with Gasteiger partial charge in [-0.2, -0.15) is 0 Å². The predicted molar refractivity (Wildman–Crippen MR) is 82.3 cm³/mol. The minimum absolute atomic E-state index is 0.247. The van der Waals surface area contributed by atoms with Gasteiger partial charge in [-0.25, -0.2) is 0 Å². The van der Waals surface area contributed by atoms with Gasteiger partial charge in [0.2, 0.25) is 5.91 Å². The van der Waals surface area contributed by atoms with Crippen molar-refractivity contribution < 1.29 is 4.79 Å². The maximum absolute atomic E-state index is 12.4. The number of likely N-dealkylation sites (tertiary alicyclic amines) is 1. The molecule has 0 aliphatic carbocycles. The Morgan fingerprint density at radius 3 is 2.75 bits per heavy atom. The highest BCUT2D eigenvalue weighted by Gasteiger charge is 2.29. The minimum Gasteiger partial charge on any atom is -0.338 e. The molecule has 2 N–H and O–H groups in total. The maximum Gasteiger partial charge on any atom is 0.223 e. The zero-order chi connectivity index (χ0) is 14.4. The van der Waals surface area contributed by atoms with Gasteiger partial charge < -0.3 is 10.6 Å². The first kappa shape index (κ1) is 15.0. The van der Waals surface area contributed by atoms with Gasteiger partial charge in [-0.1, -0.05) is 43.7 Å². The highest BCUT2D eigenvalue weighted by Crippen LogP contribution is 2.25. The van der Waals surface area contributed by atoms with Crippen molar-refractivity contribution in [1.82, 2.24) is 4.90 Å². The average molecular weight is 274 g/mol. The Labute approximate surface area is 122 Å². The molecule has 0 spiro atoms. The molecule has 0 radical (unpaired) electrons. The second-order valence-corrected chi connectivity index (χ2v) is 5.76. The van der Waals surface area contributed by atoms with Crippen LogP contribution >= 0.6 is 0 Å². The molecule has 1 heterocycles. The van der Waals surface area contributed by atoms with E-state index in [9.17, 15) is 4.79 Å². The van der Waals surface area contributed by atoms with Crippen LogP contribution in [0.2, 0.25) is 0 Å². The predicted octanol–water partition coefficient (Wildman–Crippen LogP) is 2.60. The van der Waals surface area contributed by atoms with Crippen LogP contribution in [0.1, 0.15) is 38.2 Å². The molecule has 3 nitrogen and oxygen atoms in total. The summed E-state index contributed by atoms with van der Waals surface area (Å²) in [5, 5.41) is 0. The summed E-state index contributed by atoms with van der Waals surface area (Å²) in [5.74, 6) is 1.00. The van der Waals surface area contributed by atoms with E-state index in [1.165, 1.54) is 12.0 Å². The Hall–Kier alpha value is -1.35. The van der Waals surface area contributed by atoms with E-state index in [1.54, 1.807) is 0 Å². The van der Waals surface area contributed by atoms with E-state index in [-0.39, 0.29) is 11.9 Å². The quantitative estimate of drug-likeness (QED) is 0.897. The van der Waals surface area contributed by atoms with E-state index in [0.29, 0.717) is 13.0 Å². The molecule has 2 atom stereocenters. The molecule has 1 aliphatic heterocycles. The number of nitrogens with two attached hydrogens (primary N) is 1. The number of rotatable bonds is 5. The molecular weight excluding hydrogens is 248 g/mol. The molecular formula is C17H26N2O. The molecule has 20 heavy (non-hydrogen) atoms. The van der Waals surface area contributed by atoms with Crippen molar-refractivity contribution in [3.05, 3.63) is 35.9 Å². The monoisotopic (exact) mass is 274 g/mol. The first-order valence-electron chi connectivity index (χ1n) is 7.78. The number of hydrogen-bond donors (Lipinski definition) is 1. The van der Waals surface area contributed by atoms with E-state index >= 15 is 0 Å². The number of piperidine rings is 1. The molecule has 1 aromatic carbocycles. The van der Waals surface area contributed by atoms with Crippen molar-refractivity contribution in [1.29, 1.82) is 0 Å². The Morgan fingerprint density at radius 1 is 1.35 bits per heavy atom. The Bertz CT molecular complexity index is 418. The summed E-state index contributed by atoms with van der Waals surface area (Å²) in [4.78, 5) is 14.4. The molecule has 0 saturated carbocycles. The number of benzene rings is 1. The molecule has 1 aromatic rings. The smallest absolute Gasteiger partial charge is 0.223 e. The van der Waals surface area contributed by atoms with Gasteiger partial charge in [-0.05, 0) is 30.7 Å². The normalized spacial score (nSPS) is 22.8. The molecule has 1 aliphatic rings. The number of hydrogen-bond acceptors (Lipinski definition) is 2. The molecule has 0 aromatic heterocycles. The van der Waals surface area contributed by atoms with Gasteiger partial charge in [0, 0.05) is 25.6 Å². The van der Waals surface area contributed by atoms with Crippen molar-refractivity contribution >= 4 is 5.91 Å². The van der Waals surface area contributed by atoms with Gasteiger partial charge in [0.05, 0.1) is 0 Å². The molecule has 2 unspecified atom stereocenters. The van der Waals surface area contributed by atoms with Gasteiger partial charge in [-0.15, -0.1) is 0 Å². The van der Waals surface area contributed by atoms with Crippen molar-refractivity contribution in [3.63, 3.8) is 0 Å². The summed E-state index contributed by atoms with van der Waals surface area (Å²) in [6.07, 6.45) is 4.82. The fraction of sp³-hybridized carbons (Fsp3) is 0.588. The van der Waals surface area contributed by atoms with Crippen LogP contribution in [-0.4, -0.2) is 29.9 Å². The van der Waals surface area contributed by atoms with Gasteiger partial charge in [-0.3, -0.25) is 4.79 Å². The molecule has 3 heteroatoms. The maximum atomic E-state index is 12.4. The average Bonchev–Trinajstić information content (AvgIpc) is 2.52. The van der Waals surface area contributed by atoms with E-state index in [1.807, 2.05) is 23.1 Å². The van der Waals surface area contributed by atoms with Crippen LogP contribution in [0.4, 0.5) is 0 Å². The molecule has 1 amide bonds. The van der Waals surface area contributed by atoms with Crippen LogP contribution in [0.25, 0.3) is 0 Å². The van der Waals surface area contributed by atoms with Gasteiger partial charge in [0.25, 0.3) is 0 Å². The summed E-state index contributed by atoms with van der Waals surface area (Å²) in [5.41, 5.74) is 7.09. The first-order valence-corrected chi connectivity index (χ1v) is 7.78. The SMILES string of the molecule is CCC1CCN(C(=O)CCc2ccccc2)C(CN)C1. The Morgan fingerprint density at radius 2 is 2.10 bits per heavy atom. The summed E-state index contributed by atoms with van der Waals surface area (Å²) in [7, 11) is 0. The van der Waals surface area contributed by atoms with Crippen LogP contribution < -0.4 is 5.73 Å². The molecule has 1 saturated heterocycles. The number of amides is 1. The van der Waals surface area contributed by atoms with E-state index in [4.69, 9.17) is 5.73 Å². The lowest BCUT2D eigenvalue weighted by Gasteiger charge is -2.39. The lowest BCUT2D eigenvalue weighted by atomic mass is 9.88. The summed E-state index contributed by atoms with van der Waals surface area (Å²) >= 11 is 0. The second kappa shape index (κ2) is 7.44. The number of aryl methyl sites for hydroxylation is 1. The van der Waals surface area contributed by atoms with Crippen LogP contribution in [0.15, 0.2) is 30.3 Å². The molecule has 2 rings (SSSR count). The van der Waals surface area contributed by atoms with Gasteiger partial charge in [0.1, 0.15) is 0 Å². The first-order chi connectivity index (χ1) is 9.74. The Kier molecular flexibility index (Phi) is 5.60. The second-order valence-electron chi connectivity index (χ2n) is 5.76. The summed E-state index contributed by atoms with van der Waals surface area (Å²) in [6.45, 7) is 3.70. The highest BCUT2D eigenvalue weighted by atomic mass is 16.2. The number of carbonyl (C=O) groups excluding carboxylic acids is 1. The third-order valence-electron chi connectivity index (χ3n) is 4.46. The number of carbonyl (C=O) groups is 1. The van der Waals surface area contributed by atoms with Crippen molar-refractivity contribution in [3.8, 4) is 0 Å². The largest absolute Gasteiger partial charge is 0.338 e. The molecule has 1 fully saturated rings. The summed E-state index contributed by atoms with van der Waals surface area (Å²) in [6, 6.07) is 10.5. The van der Waals surface area contributed by atoms with Crippen LogP contribution in [-0.2, 0) is 11.2 Å². The molecule has 0 bridgehead atoms. The lowest BCUT2D eigenvalue weighted by molar-refractivity contribution is -0.135. The topological polar surface area (TPSA) is 46.3 Å².